The Kier molecular flexibility index (Phi) is 5.50. The van der Waals surface area contributed by atoms with E-state index in [9.17, 15) is 19.2 Å². The summed E-state index contributed by atoms with van der Waals surface area (Å²) in [5, 5.41) is 4.27. The average Bonchev–Trinajstić information content (AvgIpc) is 3.08. The predicted octanol–water partition coefficient (Wildman–Crippen LogP) is 0.774. The van der Waals surface area contributed by atoms with E-state index >= 15 is 0 Å². The van der Waals surface area contributed by atoms with Gasteiger partial charge in [0.05, 0.1) is 6.26 Å². The maximum atomic E-state index is 12.3. The lowest BCUT2D eigenvalue weighted by molar-refractivity contribution is -0.156. The number of furan rings is 1. The van der Waals surface area contributed by atoms with E-state index in [1.165, 1.54) is 29.8 Å². The Morgan fingerprint density at radius 1 is 1.35 bits per heavy atom. The van der Waals surface area contributed by atoms with Gasteiger partial charge in [-0.3, -0.25) is 14.9 Å². The predicted molar refractivity (Wildman–Crippen MR) is 90.9 cm³/mol. The molecule has 0 radical (unpaired) electrons. The Labute approximate surface area is 153 Å². The molecule has 1 saturated carbocycles. The molecule has 2 aliphatic rings. The fourth-order valence-electron chi connectivity index (χ4n) is 2.57. The van der Waals surface area contributed by atoms with Crippen molar-refractivity contribution in [2.75, 3.05) is 12.4 Å². The summed E-state index contributed by atoms with van der Waals surface area (Å²) in [6.45, 7) is 0.770. The summed E-state index contributed by atoms with van der Waals surface area (Å²) in [6.07, 6.45) is 3.29. The van der Waals surface area contributed by atoms with Crippen LogP contribution in [0.5, 0.6) is 0 Å². The summed E-state index contributed by atoms with van der Waals surface area (Å²) in [7, 11) is 0. The fraction of sp³-hybridized carbons (Fsp3) is 0.500. The van der Waals surface area contributed by atoms with Gasteiger partial charge in [0.25, 0.3) is 5.91 Å². The fourth-order valence-corrected chi connectivity index (χ4v) is 3.98. The number of amides is 4. The molecule has 4 amide bonds. The third-order valence-corrected chi connectivity index (χ3v) is 5.22. The lowest BCUT2D eigenvalue weighted by Crippen LogP contribution is -2.45. The van der Waals surface area contributed by atoms with E-state index in [-0.39, 0.29) is 11.9 Å². The van der Waals surface area contributed by atoms with E-state index in [1.54, 1.807) is 12.1 Å². The average molecular weight is 381 g/mol. The van der Waals surface area contributed by atoms with Crippen LogP contribution in [0.25, 0.3) is 0 Å². The van der Waals surface area contributed by atoms with Crippen molar-refractivity contribution in [1.82, 2.24) is 15.5 Å². The molecule has 10 heteroatoms. The SMILES string of the molecule is CC(=O)N1[C@@H](C(=O)OCC(=O)NC(=O)NC2CC2)CS[C@H]1c1ccco1. The number of ether oxygens (including phenoxy) is 1. The molecule has 2 fully saturated rings. The maximum Gasteiger partial charge on any atom is 0.330 e. The molecule has 26 heavy (non-hydrogen) atoms. The largest absolute Gasteiger partial charge is 0.466 e. The van der Waals surface area contributed by atoms with Crippen LogP contribution in [0.1, 0.15) is 30.9 Å². The molecule has 1 aromatic heterocycles. The van der Waals surface area contributed by atoms with Crippen molar-refractivity contribution in [3.8, 4) is 0 Å². The van der Waals surface area contributed by atoms with Gasteiger partial charge in [-0.2, -0.15) is 0 Å². The quantitative estimate of drug-likeness (QED) is 0.724. The Morgan fingerprint density at radius 3 is 2.73 bits per heavy atom. The van der Waals surface area contributed by atoms with Crippen LogP contribution < -0.4 is 10.6 Å². The van der Waals surface area contributed by atoms with Crippen molar-refractivity contribution in [3.05, 3.63) is 24.2 Å². The number of carbonyl (C=O) groups excluding carboxylic acids is 4. The first-order valence-corrected chi connectivity index (χ1v) is 9.21. The minimum atomic E-state index is -0.819. The first-order valence-electron chi connectivity index (χ1n) is 8.16. The third kappa shape index (κ3) is 4.37. The van der Waals surface area contributed by atoms with Gasteiger partial charge in [-0.05, 0) is 25.0 Å². The number of imide groups is 1. The first-order chi connectivity index (χ1) is 12.5. The second kappa shape index (κ2) is 7.81. The van der Waals surface area contributed by atoms with Crippen molar-refractivity contribution in [2.24, 2.45) is 0 Å². The summed E-state index contributed by atoms with van der Waals surface area (Å²) in [5.41, 5.74) is 0. The number of hydrogen-bond donors (Lipinski definition) is 2. The molecule has 0 bridgehead atoms. The molecule has 1 aliphatic carbocycles. The highest BCUT2D eigenvalue weighted by Crippen LogP contribution is 2.41. The highest BCUT2D eigenvalue weighted by Gasteiger charge is 2.43. The van der Waals surface area contributed by atoms with Crippen molar-refractivity contribution >= 4 is 35.6 Å². The number of urea groups is 1. The smallest absolute Gasteiger partial charge is 0.330 e. The lowest BCUT2D eigenvalue weighted by atomic mass is 10.2. The molecule has 140 valence electrons. The molecule has 2 N–H and O–H groups in total. The van der Waals surface area contributed by atoms with E-state index in [0.29, 0.717) is 11.5 Å². The maximum absolute atomic E-state index is 12.3. The number of esters is 1. The van der Waals surface area contributed by atoms with Gasteiger partial charge in [0.1, 0.15) is 17.2 Å². The molecule has 0 unspecified atom stereocenters. The standard InChI is InChI=1S/C16H19N3O6S/c1-9(20)19-11(8-26-14(19)12-3-2-6-24-12)15(22)25-7-13(21)18-16(23)17-10-4-5-10/h2-3,6,10-11,14H,4-5,7-8H2,1H3,(H2,17,18,21,23)/t11-,14+/m1/s1. The normalized spacial score (nSPS) is 22.0. The van der Waals surface area contributed by atoms with Crippen molar-refractivity contribution in [1.29, 1.82) is 0 Å². The van der Waals surface area contributed by atoms with Crippen molar-refractivity contribution in [2.45, 2.75) is 37.2 Å². The monoisotopic (exact) mass is 381 g/mol. The van der Waals surface area contributed by atoms with Crippen LogP contribution in [0, 0.1) is 0 Å². The van der Waals surface area contributed by atoms with E-state index in [2.05, 4.69) is 10.6 Å². The van der Waals surface area contributed by atoms with E-state index < -0.39 is 35.9 Å². The Balaban J connectivity index is 1.52. The minimum absolute atomic E-state index is 0.114. The van der Waals surface area contributed by atoms with E-state index in [0.717, 1.165) is 12.8 Å². The molecule has 2 heterocycles. The Hall–Kier alpha value is -2.49. The summed E-state index contributed by atoms with van der Waals surface area (Å²) in [4.78, 5) is 48.8. The van der Waals surface area contributed by atoms with Crippen molar-refractivity contribution < 1.29 is 28.3 Å². The van der Waals surface area contributed by atoms with Crippen LogP contribution >= 0.6 is 11.8 Å². The molecular weight excluding hydrogens is 362 g/mol. The molecule has 1 saturated heterocycles. The topological polar surface area (TPSA) is 118 Å². The number of nitrogens with zero attached hydrogens (tertiary/aromatic N) is 1. The highest BCUT2D eigenvalue weighted by molar-refractivity contribution is 7.99. The highest BCUT2D eigenvalue weighted by atomic mass is 32.2. The molecule has 1 aliphatic heterocycles. The first kappa shape index (κ1) is 18.3. The lowest BCUT2D eigenvalue weighted by Gasteiger charge is -2.25. The van der Waals surface area contributed by atoms with Gasteiger partial charge in [0.15, 0.2) is 6.61 Å². The zero-order valence-corrected chi connectivity index (χ0v) is 14.9. The summed E-state index contributed by atoms with van der Waals surface area (Å²) < 4.78 is 10.3. The third-order valence-electron chi connectivity index (χ3n) is 3.93. The second-order valence-electron chi connectivity index (χ2n) is 6.05. The van der Waals surface area contributed by atoms with Gasteiger partial charge < -0.3 is 19.4 Å². The van der Waals surface area contributed by atoms with Gasteiger partial charge in [-0.1, -0.05) is 0 Å². The molecular formula is C16H19N3O6S. The van der Waals surface area contributed by atoms with Gasteiger partial charge in [0.2, 0.25) is 5.91 Å². The van der Waals surface area contributed by atoms with Crippen LogP contribution in [0.15, 0.2) is 22.8 Å². The molecule has 2 atom stereocenters. The Bertz CT molecular complexity index is 703. The van der Waals surface area contributed by atoms with Crippen molar-refractivity contribution in [3.63, 3.8) is 0 Å². The molecule has 9 nitrogen and oxygen atoms in total. The zero-order chi connectivity index (χ0) is 18.7. The molecule has 0 spiro atoms. The number of hydrogen-bond acceptors (Lipinski definition) is 7. The second-order valence-corrected chi connectivity index (χ2v) is 7.16. The van der Waals surface area contributed by atoms with Crippen LogP contribution in [0.4, 0.5) is 4.79 Å². The summed E-state index contributed by atoms with van der Waals surface area (Å²) in [6, 6.07) is 2.13. The van der Waals surface area contributed by atoms with E-state index in [4.69, 9.17) is 9.15 Å². The van der Waals surface area contributed by atoms with Gasteiger partial charge in [0, 0.05) is 18.7 Å². The van der Waals surface area contributed by atoms with Gasteiger partial charge in [-0.15, -0.1) is 11.8 Å². The van der Waals surface area contributed by atoms with Gasteiger partial charge in [-0.25, -0.2) is 9.59 Å². The minimum Gasteiger partial charge on any atom is -0.466 e. The van der Waals surface area contributed by atoms with Crippen LogP contribution in [-0.4, -0.2) is 53.2 Å². The molecule has 0 aromatic carbocycles. The number of thioether (sulfide) groups is 1. The van der Waals surface area contributed by atoms with Gasteiger partial charge >= 0.3 is 12.0 Å². The van der Waals surface area contributed by atoms with Crippen LogP contribution in [-0.2, 0) is 19.1 Å². The van der Waals surface area contributed by atoms with Crippen LogP contribution in [0.2, 0.25) is 0 Å². The zero-order valence-electron chi connectivity index (χ0n) is 14.1. The molecule has 1 aromatic rings. The van der Waals surface area contributed by atoms with Crippen LogP contribution in [0.3, 0.4) is 0 Å². The number of rotatable bonds is 5. The Morgan fingerprint density at radius 2 is 2.12 bits per heavy atom. The summed E-state index contributed by atoms with van der Waals surface area (Å²) in [5.74, 6) is -0.826. The molecule has 3 rings (SSSR count). The van der Waals surface area contributed by atoms with E-state index in [1.807, 2.05) is 0 Å². The number of nitrogens with one attached hydrogen (secondary N) is 2. The number of carbonyl (C=O) groups is 4. The summed E-state index contributed by atoms with van der Waals surface area (Å²) >= 11 is 1.38.